The average Bonchev–Trinajstić information content (AvgIpc) is 3.17. The van der Waals surface area contributed by atoms with Gasteiger partial charge in [-0.15, -0.1) is 0 Å². The third kappa shape index (κ3) is 5.73. The van der Waals surface area contributed by atoms with Crippen LogP contribution in [0.1, 0.15) is 13.8 Å². The van der Waals surface area contributed by atoms with Gasteiger partial charge in [-0.25, -0.2) is 9.97 Å². The molecular formula is C27H30ClN7O2. The van der Waals surface area contributed by atoms with Crippen LogP contribution in [-0.2, 0) is 16.6 Å². The van der Waals surface area contributed by atoms with Crippen LogP contribution in [0.5, 0.6) is 0 Å². The molecule has 0 radical (unpaired) electrons. The number of rotatable bonds is 8. The van der Waals surface area contributed by atoms with E-state index in [4.69, 9.17) is 16.6 Å². The zero-order valence-electron chi connectivity index (χ0n) is 21.5. The summed E-state index contributed by atoms with van der Waals surface area (Å²) in [5.41, 5.74) is 4.36. The number of nitrogens with zero attached hydrogens (tertiary/aromatic N) is 5. The summed E-state index contributed by atoms with van der Waals surface area (Å²) >= 11 is 6.51. The number of aromatic nitrogens is 3. The Morgan fingerprint density at radius 1 is 1.14 bits per heavy atom. The Morgan fingerprint density at radius 3 is 2.59 bits per heavy atom. The number of benzene rings is 2. The molecule has 4 rings (SSSR count). The predicted molar refractivity (Wildman–Crippen MR) is 150 cm³/mol. The second-order valence-corrected chi connectivity index (χ2v) is 9.38. The Balaban J connectivity index is 1.69. The first kappa shape index (κ1) is 26.1. The van der Waals surface area contributed by atoms with Crippen LogP contribution < -0.4 is 15.5 Å². The van der Waals surface area contributed by atoms with E-state index >= 15 is 0 Å². The Morgan fingerprint density at radius 2 is 1.89 bits per heavy atom. The van der Waals surface area contributed by atoms with Crippen molar-refractivity contribution >= 4 is 57.3 Å². The molecule has 0 aliphatic heterocycles. The molecular weight excluding hydrogens is 490 g/mol. The van der Waals surface area contributed by atoms with E-state index in [1.54, 1.807) is 23.2 Å². The molecule has 9 nitrogen and oxygen atoms in total. The molecule has 2 aromatic carbocycles. The number of para-hydroxylation sites is 1. The van der Waals surface area contributed by atoms with Gasteiger partial charge in [0.25, 0.3) is 0 Å². The zero-order chi connectivity index (χ0) is 26.7. The van der Waals surface area contributed by atoms with E-state index in [2.05, 4.69) is 15.6 Å². The molecule has 0 saturated carbocycles. The highest BCUT2D eigenvalue weighted by Crippen LogP contribution is 2.35. The van der Waals surface area contributed by atoms with Crippen LogP contribution in [0.3, 0.4) is 0 Å². The van der Waals surface area contributed by atoms with Crippen molar-refractivity contribution in [3.8, 4) is 11.3 Å². The van der Waals surface area contributed by atoms with E-state index in [1.165, 1.54) is 6.92 Å². The molecule has 37 heavy (non-hydrogen) atoms. The van der Waals surface area contributed by atoms with E-state index in [0.29, 0.717) is 40.3 Å². The minimum Gasteiger partial charge on any atom is -0.350 e. The summed E-state index contributed by atoms with van der Waals surface area (Å²) < 4.78 is 2.03. The molecule has 0 unspecified atom stereocenters. The molecule has 0 aliphatic carbocycles. The van der Waals surface area contributed by atoms with Crippen molar-refractivity contribution in [3.63, 3.8) is 0 Å². The second kappa shape index (κ2) is 11.0. The number of carbonyl (C=O) groups excluding carboxylic acids is 2. The van der Waals surface area contributed by atoms with Gasteiger partial charge in [0.15, 0.2) is 0 Å². The first-order valence-electron chi connectivity index (χ1n) is 11.9. The van der Waals surface area contributed by atoms with Crippen molar-refractivity contribution in [1.29, 1.82) is 0 Å². The molecule has 0 atom stereocenters. The van der Waals surface area contributed by atoms with Gasteiger partial charge in [-0.3, -0.25) is 9.59 Å². The SMILES string of the molecule is CCN(C(=O)CN(C)C)c1ccc(Nc2ncc(Cl)c(-c3cn(C)c4ccccc34)n2)cc1NC(C)=O. The number of nitrogens with one attached hydrogen (secondary N) is 2. The number of carbonyl (C=O) groups is 2. The van der Waals surface area contributed by atoms with Crippen molar-refractivity contribution in [2.75, 3.05) is 42.7 Å². The smallest absolute Gasteiger partial charge is 0.241 e. The number of hydrogen-bond acceptors (Lipinski definition) is 6. The summed E-state index contributed by atoms with van der Waals surface area (Å²) in [6.07, 6.45) is 3.56. The highest BCUT2D eigenvalue weighted by Gasteiger charge is 2.20. The lowest BCUT2D eigenvalue weighted by Gasteiger charge is -2.26. The molecule has 2 N–H and O–H groups in total. The number of likely N-dealkylation sites (N-methyl/N-ethyl adjacent to an activating group) is 2. The first-order valence-corrected chi connectivity index (χ1v) is 12.3. The summed E-state index contributed by atoms with van der Waals surface area (Å²) in [6, 6.07) is 13.4. The minimum atomic E-state index is -0.240. The van der Waals surface area contributed by atoms with Gasteiger partial charge in [0.05, 0.1) is 34.8 Å². The van der Waals surface area contributed by atoms with Crippen LogP contribution in [0.4, 0.5) is 23.0 Å². The highest BCUT2D eigenvalue weighted by molar-refractivity contribution is 6.33. The van der Waals surface area contributed by atoms with Gasteiger partial charge in [-0.1, -0.05) is 29.8 Å². The largest absolute Gasteiger partial charge is 0.350 e. The summed E-state index contributed by atoms with van der Waals surface area (Å²) in [4.78, 5) is 37.3. The van der Waals surface area contributed by atoms with Gasteiger partial charge in [0.1, 0.15) is 0 Å². The van der Waals surface area contributed by atoms with Gasteiger partial charge in [-0.05, 0) is 45.3 Å². The molecule has 2 amide bonds. The van der Waals surface area contributed by atoms with Crippen molar-refractivity contribution in [1.82, 2.24) is 19.4 Å². The summed E-state index contributed by atoms with van der Waals surface area (Å²) in [7, 11) is 5.66. The third-order valence-electron chi connectivity index (χ3n) is 5.82. The maximum Gasteiger partial charge on any atom is 0.241 e. The van der Waals surface area contributed by atoms with Gasteiger partial charge in [-0.2, -0.15) is 0 Å². The first-order chi connectivity index (χ1) is 17.7. The quantitative estimate of drug-likeness (QED) is 0.343. The molecule has 4 aromatic rings. The van der Waals surface area contributed by atoms with Crippen LogP contribution in [-0.4, -0.2) is 58.4 Å². The second-order valence-electron chi connectivity index (χ2n) is 8.97. The Hall–Kier alpha value is -3.95. The summed E-state index contributed by atoms with van der Waals surface area (Å²) in [6.45, 7) is 4.04. The van der Waals surface area contributed by atoms with Gasteiger partial charge < -0.3 is 25.0 Å². The molecule has 10 heteroatoms. The normalized spacial score (nSPS) is 11.1. The van der Waals surface area contributed by atoms with Crippen LogP contribution in [0, 0.1) is 0 Å². The van der Waals surface area contributed by atoms with Gasteiger partial charge >= 0.3 is 0 Å². The zero-order valence-corrected chi connectivity index (χ0v) is 22.3. The Kier molecular flexibility index (Phi) is 7.75. The van der Waals surface area contributed by atoms with E-state index < -0.39 is 0 Å². The minimum absolute atomic E-state index is 0.0689. The molecule has 192 valence electrons. The molecule has 0 spiro atoms. The maximum atomic E-state index is 12.8. The van der Waals surface area contributed by atoms with Crippen LogP contribution >= 0.6 is 11.6 Å². The topological polar surface area (TPSA) is 95.4 Å². The molecule has 2 heterocycles. The number of amides is 2. The third-order valence-corrected chi connectivity index (χ3v) is 6.10. The van der Waals surface area contributed by atoms with Crippen molar-refractivity contribution in [3.05, 3.63) is 59.9 Å². The van der Waals surface area contributed by atoms with E-state index in [-0.39, 0.29) is 18.4 Å². The van der Waals surface area contributed by atoms with E-state index in [9.17, 15) is 9.59 Å². The van der Waals surface area contributed by atoms with Crippen LogP contribution in [0.2, 0.25) is 5.02 Å². The standard InChI is InChI=1S/C27H30ClN7O2/c1-6-35(25(37)16-33(3)4)24-12-11-18(13-22(24)30-17(2)36)31-27-29-14-21(28)26(32-27)20-15-34(5)23-10-8-7-9-19(20)23/h7-15H,6,16H2,1-5H3,(H,30,36)(H,29,31,32). The lowest BCUT2D eigenvalue weighted by Crippen LogP contribution is -2.38. The average molecular weight is 520 g/mol. The summed E-state index contributed by atoms with van der Waals surface area (Å²) in [5, 5.41) is 7.52. The van der Waals surface area contributed by atoms with Gasteiger partial charge in [0, 0.05) is 48.9 Å². The Bertz CT molecular complexity index is 1460. The number of anilines is 4. The molecule has 0 aliphatic rings. The van der Waals surface area contributed by atoms with Crippen molar-refractivity contribution in [2.45, 2.75) is 13.8 Å². The molecule has 2 aromatic heterocycles. The van der Waals surface area contributed by atoms with Crippen molar-refractivity contribution in [2.24, 2.45) is 7.05 Å². The highest BCUT2D eigenvalue weighted by atomic mass is 35.5. The number of aryl methyl sites for hydroxylation is 1. The fraction of sp³-hybridized carbons (Fsp3) is 0.259. The number of hydrogen-bond donors (Lipinski definition) is 2. The Labute approximate surface area is 221 Å². The van der Waals surface area contributed by atoms with Crippen LogP contribution in [0.25, 0.3) is 22.2 Å². The monoisotopic (exact) mass is 519 g/mol. The molecule has 0 saturated heterocycles. The fourth-order valence-corrected chi connectivity index (χ4v) is 4.44. The predicted octanol–water partition coefficient (Wildman–Crippen LogP) is 4.91. The van der Waals surface area contributed by atoms with E-state index in [0.717, 1.165) is 16.5 Å². The maximum absolute atomic E-state index is 12.8. The lowest BCUT2D eigenvalue weighted by atomic mass is 10.1. The fourth-order valence-electron chi connectivity index (χ4n) is 4.25. The lowest BCUT2D eigenvalue weighted by molar-refractivity contribution is -0.119. The summed E-state index contributed by atoms with van der Waals surface area (Å²) in [5.74, 6) is 0.0426. The van der Waals surface area contributed by atoms with Gasteiger partial charge in [0.2, 0.25) is 17.8 Å². The molecule has 0 bridgehead atoms. The van der Waals surface area contributed by atoms with Crippen molar-refractivity contribution < 1.29 is 9.59 Å². The molecule has 0 fully saturated rings. The van der Waals surface area contributed by atoms with Crippen LogP contribution in [0.15, 0.2) is 54.9 Å². The van der Waals surface area contributed by atoms with E-state index in [1.807, 2.05) is 74.1 Å². The number of halogens is 1. The number of fused-ring (bicyclic) bond motifs is 1.